The Morgan fingerprint density at radius 3 is 1.86 bits per heavy atom. The van der Waals surface area contributed by atoms with Crippen molar-refractivity contribution in [3.8, 4) is 22.6 Å². The second-order valence-electron chi connectivity index (χ2n) is 7.95. The molecule has 3 aromatic carbocycles. The lowest BCUT2D eigenvalue weighted by molar-refractivity contribution is -0.189. The average Bonchev–Trinajstić information content (AvgIpc) is 2.72. The molecule has 0 aliphatic rings. The van der Waals surface area contributed by atoms with Crippen LogP contribution >= 0.6 is 0 Å². The van der Waals surface area contributed by atoms with E-state index in [0.29, 0.717) is 6.42 Å². The highest BCUT2D eigenvalue weighted by Crippen LogP contribution is 2.43. The summed E-state index contributed by atoms with van der Waals surface area (Å²) in [5.41, 5.74) is -4.61. The first kappa shape index (κ1) is 27.2. The van der Waals surface area contributed by atoms with Crippen molar-refractivity contribution < 1.29 is 49.4 Å². The van der Waals surface area contributed by atoms with Gasteiger partial charge in [-0.15, -0.1) is 0 Å². The molecule has 0 aliphatic heterocycles. The maximum atomic E-state index is 15.1. The Bertz CT molecular complexity index is 1210. The van der Waals surface area contributed by atoms with Gasteiger partial charge >= 0.3 is 12.3 Å². The first-order valence-corrected chi connectivity index (χ1v) is 10.7. The Balaban J connectivity index is 2.00. The van der Waals surface area contributed by atoms with Crippen LogP contribution in [0.3, 0.4) is 0 Å². The van der Waals surface area contributed by atoms with Gasteiger partial charge in [0.1, 0.15) is 34.3 Å². The molecule has 3 aromatic rings. The number of hydrogen-bond acceptors (Lipinski definition) is 1. The van der Waals surface area contributed by atoms with Gasteiger partial charge in [-0.3, -0.25) is 5.11 Å². The Morgan fingerprint density at radius 1 is 0.778 bits per heavy atom. The van der Waals surface area contributed by atoms with Crippen LogP contribution in [0.4, 0.5) is 39.5 Å². The van der Waals surface area contributed by atoms with E-state index in [1.54, 1.807) is 12.1 Å². The maximum absolute atomic E-state index is 15.1. The van der Waals surface area contributed by atoms with E-state index in [2.05, 4.69) is 4.74 Å². The van der Waals surface area contributed by atoms with Crippen LogP contribution in [0, 0.1) is 23.3 Å². The zero-order chi connectivity index (χ0) is 26.8. The maximum Gasteiger partial charge on any atom is 0.432 e. The van der Waals surface area contributed by atoms with Crippen molar-refractivity contribution in [3.05, 3.63) is 82.4 Å². The molecule has 0 unspecified atom stereocenters. The summed E-state index contributed by atoms with van der Waals surface area (Å²) in [5, 5.41) is 12.2. The van der Waals surface area contributed by atoms with Crippen LogP contribution in [-0.4, -0.2) is 0 Å². The SMILES string of the molecule is CCCCCc1ccc(-c2c([O])cc(F)c(C(F)(F)Oc3cc(F)c(C(F)(F)F)c(F)c3)c2F)cc1. The average molecular weight is 521 g/mol. The van der Waals surface area contributed by atoms with Crippen LogP contribution < -0.4 is 4.74 Å². The zero-order valence-corrected chi connectivity index (χ0v) is 18.6. The van der Waals surface area contributed by atoms with E-state index in [0.717, 1.165) is 24.8 Å². The van der Waals surface area contributed by atoms with Crippen molar-refractivity contribution in [2.75, 3.05) is 0 Å². The van der Waals surface area contributed by atoms with Crippen molar-refractivity contribution in [2.45, 2.75) is 44.9 Å². The Kier molecular flexibility index (Phi) is 7.80. The molecule has 2 nitrogen and oxygen atoms in total. The fourth-order valence-corrected chi connectivity index (χ4v) is 3.63. The van der Waals surface area contributed by atoms with Gasteiger partial charge in [0.25, 0.3) is 0 Å². The largest absolute Gasteiger partial charge is 0.432 e. The van der Waals surface area contributed by atoms with Crippen LogP contribution in [0.25, 0.3) is 11.1 Å². The fraction of sp³-hybridized carbons (Fsp3) is 0.280. The molecular weight excluding hydrogens is 503 g/mol. The van der Waals surface area contributed by atoms with Gasteiger partial charge in [0, 0.05) is 18.2 Å². The predicted octanol–water partition coefficient (Wildman–Crippen LogP) is 8.93. The van der Waals surface area contributed by atoms with E-state index < -0.39 is 63.7 Å². The number of rotatable bonds is 8. The van der Waals surface area contributed by atoms with Gasteiger partial charge in [0.15, 0.2) is 11.6 Å². The molecule has 193 valence electrons. The van der Waals surface area contributed by atoms with Gasteiger partial charge < -0.3 is 4.74 Å². The second kappa shape index (κ2) is 10.3. The number of ether oxygens (including phenoxy) is 1. The molecule has 0 saturated heterocycles. The first-order chi connectivity index (χ1) is 16.8. The molecule has 0 heterocycles. The molecule has 3 rings (SSSR count). The predicted molar refractivity (Wildman–Crippen MR) is 111 cm³/mol. The lowest BCUT2D eigenvalue weighted by Gasteiger charge is -2.21. The number of halogens is 9. The topological polar surface area (TPSA) is 29.1 Å². The molecular formula is C25H18F9O2. The quantitative estimate of drug-likeness (QED) is 0.215. The van der Waals surface area contributed by atoms with Crippen molar-refractivity contribution in [1.82, 2.24) is 0 Å². The normalized spacial score (nSPS) is 12.2. The second-order valence-corrected chi connectivity index (χ2v) is 7.95. The first-order valence-electron chi connectivity index (χ1n) is 10.7. The molecule has 1 radical (unpaired) electrons. The Morgan fingerprint density at radius 2 is 1.33 bits per heavy atom. The summed E-state index contributed by atoms with van der Waals surface area (Å²) in [6, 6.07) is 5.38. The van der Waals surface area contributed by atoms with E-state index in [1.165, 1.54) is 12.1 Å². The lowest BCUT2D eigenvalue weighted by atomic mass is 9.97. The van der Waals surface area contributed by atoms with Crippen molar-refractivity contribution in [1.29, 1.82) is 0 Å². The van der Waals surface area contributed by atoms with E-state index in [4.69, 9.17) is 0 Å². The highest BCUT2D eigenvalue weighted by atomic mass is 19.4. The number of benzene rings is 3. The summed E-state index contributed by atoms with van der Waals surface area (Å²) < 4.78 is 129. The molecule has 0 fully saturated rings. The molecule has 36 heavy (non-hydrogen) atoms. The third-order valence-electron chi connectivity index (χ3n) is 5.33. The van der Waals surface area contributed by atoms with Gasteiger partial charge in [0.2, 0.25) is 0 Å². The van der Waals surface area contributed by atoms with E-state index in [1.807, 2.05) is 6.92 Å². The summed E-state index contributed by atoms with van der Waals surface area (Å²) in [4.78, 5) is 0. The molecule has 0 atom stereocenters. The Labute approximate surface area is 199 Å². The molecule has 0 N–H and O–H groups in total. The molecule has 11 heteroatoms. The minimum atomic E-state index is -5.47. The van der Waals surface area contributed by atoms with E-state index in [9.17, 15) is 40.2 Å². The highest BCUT2D eigenvalue weighted by molar-refractivity contribution is 5.72. The molecule has 0 spiro atoms. The van der Waals surface area contributed by atoms with Gasteiger partial charge in [-0.05, 0) is 24.0 Å². The number of alkyl halides is 5. The smallest absolute Gasteiger partial charge is 0.429 e. The van der Waals surface area contributed by atoms with Gasteiger partial charge in [-0.1, -0.05) is 44.0 Å². The van der Waals surface area contributed by atoms with E-state index in [-0.39, 0.29) is 23.8 Å². The zero-order valence-electron chi connectivity index (χ0n) is 18.6. The third-order valence-corrected chi connectivity index (χ3v) is 5.33. The van der Waals surface area contributed by atoms with Gasteiger partial charge in [-0.2, -0.15) is 22.0 Å². The summed E-state index contributed by atoms with van der Waals surface area (Å²) in [5.74, 6) is -11.3. The molecule has 0 saturated carbocycles. The highest BCUT2D eigenvalue weighted by Gasteiger charge is 2.44. The minimum absolute atomic E-state index is 0.0914. The summed E-state index contributed by atoms with van der Waals surface area (Å²) in [6.45, 7) is 2.01. The van der Waals surface area contributed by atoms with Crippen LogP contribution in [0.1, 0.15) is 42.9 Å². The number of hydrogen-bond donors (Lipinski definition) is 0. The Hall–Kier alpha value is -3.37. The molecule has 0 aromatic heterocycles. The lowest BCUT2D eigenvalue weighted by Crippen LogP contribution is -2.26. The third kappa shape index (κ3) is 5.71. The monoisotopic (exact) mass is 521 g/mol. The molecule has 0 bridgehead atoms. The van der Waals surface area contributed by atoms with Crippen LogP contribution in [0.15, 0.2) is 42.5 Å². The van der Waals surface area contributed by atoms with Crippen molar-refractivity contribution >= 4 is 0 Å². The van der Waals surface area contributed by atoms with Gasteiger partial charge in [-0.25, -0.2) is 17.6 Å². The van der Waals surface area contributed by atoms with Crippen LogP contribution in [0.5, 0.6) is 11.5 Å². The molecule has 0 amide bonds. The van der Waals surface area contributed by atoms with Crippen molar-refractivity contribution in [2.24, 2.45) is 0 Å². The van der Waals surface area contributed by atoms with Crippen molar-refractivity contribution in [3.63, 3.8) is 0 Å². The van der Waals surface area contributed by atoms with Gasteiger partial charge in [0.05, 0.1) is 5.56 Å². The standard InChI is InChI=1S/C25H18F9O2/c1-2-3-4-5-13-6-8-14(9-7-13)20-19(35)12-18(28)22(23(20)29)25(33,34)36-15-10-16(26)21(17(27)11-15)24(30,31)32/h6-12H,2-5H2,1H3. The minimum Gasteiger partial charge on any atom is -0.429 e. The summed E-state index contributed by atoms with van der Waals surface area (Å²) in [6.07, 6.45) is -6.95. The van der Waals surface area contributed by atoms with Crippen LogP contribution in [-0.2, 0) is 23.8 Å². The van der Waals surface area contributed by atoms with Crippen LogP contribution in [0.2, 0.25) is 0 Å². The summed E-state index contributed by atoms with van der Waals surface area (Å²) >= 11 is 0. The number of unbranched alkanes of at least 4 members (excludes halogenated alkanes) is 2. The number of aryl methyl sites for hydroxylation is 1. The summed E-state index contributed by atoms with van der Waals surface area (Å²) in [7, 11) is 0. The molecule has 0 aliphatic carbocycles. The van der Waals surface area contributed by atoms with E-state index >= 15 is 4.39 Å². The fourth-order valence-electron chi connectivity index (χ4n) is 3.63.